The predicted octanol–water partition coefficient (Wildman–Crippen LogP) is 1.75. The van der Waals surface area contributed by atoms with Gasteiger partial charge in [-0.25, -0.2) is 0 Å². The first-order valence-corrected chi connectivity index (χ1v) is 7.24. The smallest absolute Gasteiger partial charge is 0.226 e. The van der Waals surface area contributed by atoms with Crippen molar-refractivity contribution >= 4 is 17.6 Å². The van der Waals surface area contributed by atoms with Crippen LogP contribution in [0.2, 0.25) is 0 Å². The maximum absolute atomic E-state index is 12.3. The van der Waals surface area contributed by atoms with Gasteiger partial charge in [0, 0.05) is 24.4 Å². The van der Waals surface area contributed by atoms with Crippen LogP contribution in [0.15, 0.2) is 0 Å². The van der Waals surface area contributed by atoms with Crippen LogP contribution in [0.4, 0.5) is 0 Å². The van der Waals surface area contributed by atoms with E-state index in [4.69, 9.17) is 0 Å². The van der Waals surface area contributed by atoms with Gasteiger partial charge in [-0.05, 0) is 41.0 Å². The van der Waals surface area contributed by atoms with Gasteiger partial charge >= 0.3 is 0 Å². The van der Waals surface area contributed by atoms with E-state index in [2.05, 4.69) is 5.32 Å². The molecule has 1 atom stereocenters. The highest BCUT2D eigenvalue weighted by Gasteiger charge is 2.24. The van der Waals surface area contributed by atoms with Crippen molar-refractivity contribution in [2.75, 3.05) is 6.54 Å². The number of carbonyl (C=O) groups is 3. The van der Waals surface area contributed by atoms with Gasteiger partial charge in [-0.3, -0.25) is 14.4 Å². The molecule has 0 aromatic rings. The molecule has 5 heteroatoms. The number of nitrogens with one attached hydrogen (secondary N) is 1. The Hall–Kier alpha value is -1.39. The van der Waals surface area contributed by atoms with E-state index in [0.717, 1.165) is 0 Å². The highest BCUT2D eigenvalue weighted by atomic mass is 16.2. The fourth-order valence-corrected chi connectivity index (χ4v) is 1.90. The second-order valence-electron chi connectivity index (χ2n) is 5.92. The second kappa shape index (κ2) is 8.72. The molecule has 2 amide bonds. The summed E-state index contributed by atoms with van der Waals surface area (Å²) in [5, 5.41) is 2.80. The summed E-state index contributed by atoms with van der Waals surface area (Å²) >= 11 is 0. The first-order valence-electron chi connectivity index (χ1n) is 7.24. The maximum atomic E-state index is 12.3. The van der Waals surface area contributed by atoms with Crippen LogP contribution in [0, 0.1) is 5.92 Å². The van der Waals surface area contributed by atoms with Crippen molar-refractivity contribution in [3.8, 4) is 0 Å². The third-order valence-electron chi connectivity index (χ3n) is 2.98. The molecule has 0 rings (SSSR count). The topological polar surface area (TPSA) is 66.5 Å². The summed E-state index contributed by atoms with van der Waals surface area (Å²) in [4.78, 5) is 36.7. The summed E-state index contributed by atoms with van der Waals surface area (Å²) in [6.07, 6.45) is 0.829. The quantitative estimate of drug-likeness (QED) is 0.738. The summed E-state index contributed by atoms with van der Waals surface area (Å²) in [7, 11) is 0. The van der Waals surface area contributed by atoms with E-state index in [1.807, 2.05) is 27.7 Å². The van der Waals surface area contributed by atoms with E-state index >= 15 is 0 Å². The van der Waals surface area contributed by atoms with Crippen LogP contribution >= 0.6 is 0 Å². The van der Waals surface area contributed by atoms with Gasteiger partial charge in [0.25, 0.3) is 0 Å². The van der Waals surface area contributed by atoms with Gasteiger partial charge in [0.05, 0.1) is 6.54 Å². The number of hydrogen-bond acceptors (Lipinski definition) is 3. The van der Waals surface area contributed by atoms with E-state index in [1.165, 1.54) is 6.92 Å². The molecular formula is C15H28N2O3. The van der Waals surface area contributed by atoms with Crippen LogP contribution in [-0.2, 0) is 14.4 Å². The van der Waals surface area contributed by atoms with Crippen LogP contribution in [0.5, 0.6) is 0 Å². The maximum Gasteiger partial charge on any atom is 0.226 e. The van der Waals surface area contributed by atoms with Crippen molar-refractivity contribution in [3.05, 3.63) is 0 Å². The molecule has 0 bridgehead atoms. The summed E-state index contributed by atoms with van der Waals surface area (Å²) in [6.45, 7) is 11.0. The Labute approximate surface area is 122 Å². The van der Waals surface area contributed by atoms with Crippen LogP contribution in [-0.4, -0.2) is 41.1 Å². The molecule has 0 saturated carbocycles. The van der Waals surface area contributed by atoms with E-state index in [-0.39, 0.29) is 42.1 Å². The minimum atomic E-state index is -0.255. The SMILES string of the molecule is CC(=O)CN(C(=O)C(C)CCC(=O)NC(C)C)C(C)C. The summed E-state index contributed by atoms with van der Waals surface area (Å²) in [6, 6.07) is 0.0942. The molecule has 0 aliphatic heterocycles. The van der Waals surface area contributed by atoms with Gasteiger partial charge in [0.1, 0.15) is 5.78 Å². The van der Waals surface area contributed by atoms with Crippen LogP contribution in [0.1, 0.15) is 54.4 Å². The average molecular weight is 284 g/mol. The van der Waals surface area contributed by atoms with Crippen LogP contribution in [0.25, 0.3) is 0 Å². The van der Waals surface area contributed by atoms with Gasteiger partial charge in [-0.1, -0.05) is 6.92 Å². The molecular weight excluding hydrogens is 256 g/mol. The van der Waals surface area contributed by atoms with Gasteiger partial charge in [0.2, 0.25) is 11.8 Å². The standard InChI is InChI=1S/C15H28N2O3/c1-10(2)16-14(19)8-7-12(5)15(20)17(11(3)4)9-13(6)18/h10-12H,7-9H2,1-6H3,(H,16,19). The lowest BCUT2D eigenvalue weighted by molar-refractivity contribution is -0.140. The molecule has 0 saturated heterocycles. The van der Waals surface area contributed by atoms with Crippen molar-refractivity contribution in [3.63, 3.8) is 0 Å². The monoisotopic (exact) mass is 284 g/mol. The predicted molar refractivity (Wildman–Crippen MR) is 79.2 cm³/mol. The van der Waals surface area contributed by atoms with Crippen molar-refractivity contribution in [1.82, 2.24) is 10.2 Å². The lowest BCUT2D eigenvalue weighted by Gasteiger charge is -2.28. The molecule has 0 heterocycles. The Bertz CT molecular complexity index is 351. The minimum absolute atomic E-state index is 0.0154. The number of rotatable bonds is 8. The van der Waals surface area contributed by atoms with Crippen LogP contribution < -0.4 is 5.32 Å². The molecule has 0 aliphatic rings. The Morgan fingerprint density at radius 1 is 1.05 bits per heavy atom. The average Bonchev–Trinajstić information content (AvgIpc) is 2.30. The third kappa shape index (κ3) is 7.26. The Morgan fingerprint density at radius 2 is 1.60 bits per heavy atom. The number of ketones is 1. The highest BCUT2D eigenvalue weighted by molar-refractivity contribution is 5.86. The van der Waals surface area contributed by atoms with E-state index in [0.29, 0.717) is 12.8 Å². The lowest BCUT2D eigenvalue weighted by Crippen LogP contribution is -2.43. The zero-order chi connectivity index (χ0) is 15.9. The van der Waals surface area contributed by atoms with Gasteiger partial charge < -0.3 is 10.2 Å². The number of amides is 2. The molecule has 0 aromatic heterocycles. The fraction of sp³-hybridized carbons (Fsp3) is 0.800. The van der Waals surface area contributed by atoms with Crippen molar-refractivity contribution in [2.24, 2.45) is 5.92 Å². The summed E-state index contributed by atoms with van der Waals surface area (Å²) in [5.74, 6) is -0.388. The Kier molecular flexibility index (Phi) is 8.11. The normalized spacial score (nSPS) is 12.4. The molecule has 0 aromatic carbocycles. The Balaban J connectivity index is 4.43. The molecule has 116 valence electrons. The molecule has 20 heavy (non-hydrogen) atoms. The lowest BCUT2D eigenvalue weighted by atomic mass is 10.0. The Morgan fingerprint density at radius 3 is 2.00 bits per heavy atom. The number of nitrogens with zero attached hydrogens (tertiary/aromatic N) is 1. The molecule has 0 aliphatic carbocycles. The van der Waals surface area contributed by atoms with Gasteiger partial charge in [0.15, 0.2) is 0 Å². The number of carbonyl (C=O) groups excluding carboxylic acids is 3. The number of hydrogen-bond donors (Lipinski definition) is 1. The van der Waals surface area contributed by atoms with E-state index < -0.39 is 0 Å². The zero-order valence-electron chi connectivity index (χ0n) is 13.5. The first kappa shape index (κ1) is 18.6. The van der Waals surface area contributed by atoms with E-state index in [1.54, 1.807) is 11.8 Å². The van der Waals surface area contributed by atoms with Crippen molar-refractivity contribution < 1.29 is 14.4 Å². The largest absolute Gasteiger partial charge is 0.354 e. The van der Waals surface area contributed by atoms with Gasteiger partial charge in [-0.15, -0.1) is 0 Å². The first-order chi connectivity index (χ1) is 9.15. The zero-order valence-corrected chi connectivity index (χ0v) is 13.5. The van der Waals surface area contributed by atoms with E-state index in [9.17, 15) is 14.4 Å². The molecule has 1 N–H and O–H groups in total. The van der Waals surface area contributed by atoms with Crippen molar-refractivity contribution in [2.45, 2.75) is 66.5 Å². The highest BCUT2D eigenvalue weighted by Crippen LogP contribution is 2.12. The summed E-state index contributed by atoms with van der Waals surface area (Å²) in [5.41, 5.74) is 0. The number of Topliss-reactive ketones (excluding diaryl/α,β-unsaturated/α-hetero) is 1. The van der Waals surface area contributed by atoms with Crippen molar-refractivity contribution in [1.29, 1.82) is 0 Å². The molecule has 0 spiro atoms. The van der Waals surface area contributed by atoms with Crippen LogP contribution in [0.3, 0.4) is 0 Å². The molecule has 1 unspecified atom stereocenters. The molecule has 0 fully saturated rings. The van der Waals surface area contributed by atoms with Gasteiger partial charge in [-0.2, -0.15) is 0 Å². The molecule has 5 nitrogen and oxygen atoms in total. The minimum Gasteiger partial charge on any atom is -0.354 e. The molecule has 0 radical (unpaired) electrons. The summed E-state index contributed by atoms with van der Waals surface area (Å²) < 4.78 is 0. The fourth-order valence-electron chi connectivity index (χ4n) is 1.90. The third-order valence-corrected chi connectivity index (χ3v) is 2.98. The second-order valence-corrected chi connectivity index (χ2v) is 5.92.